The minimum absolute atomic E-state index is 0.0690. The highest BCUT2D eigenvalue weighted by Crippen LogP contribution is 2.06. The highest BCUT2D eigenvalue weighted by Gasteiger charge is 2.24. The van der Waals surface area contributed by atoms with Crippen molar-refractivity contribution in [3.63, 3.8) is 0 Å². The molecule has 0 bridgehead atoms. The molecule has 1 saturated heterocycles. The molecule has 1 aliphatic rings. The van der Waals surface area contributed by atoms with Gasteiger partial charge in [-0.25, -0.2) is 4.79 Å². The van der Waals surface area contributed by atoms with E-state index < -0.39 is 12.1 Å². The van der Waals surface area contributed by atoms with Gasteiger partial charge >= 0.3 is 6.09 Å². The van der Waals surface area contributed by atoms with Crippen LogP contribution < -0.4 is 10.6 Å². The minimum Gasteiger partial charge on any atom is -0.467 e. The lowest BCUT2D eigenvalue weighted by molar-refractivity contribution is -0.135. The average Bonchev–Trinajstić information content (AvgIpc) is 3.06. The summed E-state index contributed by atoms with van der Waals surface area (Å²) in [7, 11) is 0. The first-order valence-corrected chi connectivity index (χ1v) is 7.68. The Labute approximate surface area is 138 Å². The Morgan fingerprint density at radius 1 is 1.25 bits per heavy atom. The summed E-state index contributed by atoms with van der Waals surface area (Å²) >= 11 is 0. The third-order valence-corrected chi connectivity index (χ3v) is 3.58. The maximum Gasteiger partial charge on any atom is 0.404 e. The van der Waals surface area contributed by atoms with Gasteiger partial charge in [-0.2, -0.15) is 0 Å². The fraction of sp³-hybridized carbons (Fsp3) is 0.533. The number of amides is 3. The van der Waals surface area contributed by atoms with Crippen molar-refractivity contribution < 1.29 is 28.6 Å². The van der Waals surface area contributed by atoms with E-state index >= 15 is 0 Å². The Hall–Kier alpha value is -2.55. The van der Waals surface area contributed by atoms with Crippen molar-refractivity contribution in [2.45, 2.75) is 25.4 Å². The molecule has 0 spiro atoms. The Kier molecular flexibility index (Phi) is 6.62. The zero-order valence-corrected chi connectivity index (χ0v) is 13.2. The summed E-state index contributed by atoms with van der Waals surface area (Å²) < 4.78 is 10.3. The summed E-state index contributed by atoms with van der Waals surface area (Å²) in [5.41, 5.74) is 0. The van der Waals surface area contributed by atoms with Crippen molar-refractivity contribution >= 4 is 17.9 Å². The van der Waals surface area contributed by atoms with Gasteiger partial charge < -0.3 is 29.8 Å². The zero-order valence-electron chi connectivity index (χ0n) is 13.2. The number of rotatable bonds is 7. The van der Waals surface area contributed by atoms with Crippen molar-refractivity contribution in [2.24, 2.45) is 0 Å². The fourth-order valence-electron chi connectivity index (χ4n) is 2.40. The summed E-state index contributed by atoms with van der Waals surface area (Å²) in [6.07, 6.45) is 0.0366. The van der Waals surface area contributed by atoms with E-state index in [1.54, 1.807) is 17.0 Å². The molecule has 0 aromatic carbocycles. The maximum absolute atomic E-state index is 12.2. The normalized spacial score (nSPS) is 15.6. The molecular weight excluding hydrogens is 318 g/mol. The van der Waals surface area contributed by atoms with Crippen LogP contribution in [0.3, 0.4) is 0 Å². The van der Waals surface area contributed by atoms with E-state index in [1.807, 2.05) is 0 Å². The van der Waals surface area contributed by atoms with Gasteiger partial charge in [0.25, 0.3) is 0 Å². The van der Waals surface area contributed by atoms with E-state index in [0.717, 1.165) is 0 Å². The van der Waals surface area contributed by atoms with Crippen molar-refractivity contribution in [3.05, 3.63) is 24.2 Å². The van der Waals surface area contributed by atoms with Crippen molar-refractivity contribution in [1.82, 2.24) is 15.5 Å². The third-order valence-electron chi connectivity index (χ3n) is 3.58. The summed E-state index contributed by atoms with van der Waals surface area (Å²) in [5, 5.41) is 13.8. The minimum atomic E-state index is -1.27. The van der Waals surface area contributed by atoms with Crippen LogP contribution in [0.1, 0.15) is 18.6 Å². The molecule has 1 aromatic heterocycles. The number of nitrogens with zero attached hydrogens (tertiary/aromatic N) is 1. The number of carbonyl (C=O) groups is 3. The number of morpholine rings is 1. The summed E-state index contributed by atoms with van der Waals surface area (Å²) in [6.45, 7) is 2.09. The third kappa shape index (κ3) is 5.92. The molecule has 3 amide bonds. The second-order valence-electron chi connectivity index (χ2n) is 5.40. The second-order valence-corrected chi connectivity index (χ2v) is 5.40. The molecule has 0 unspecified atom stereocenters. The predicted octanol–water partition coefficient (Wildman–Crippen LogP) is 0.171. The molecule has 9 nitrogen and oxygen atoms in total. The highest BCUT2D eigenvalue weighted by atomic mass is 16.5. The van der Waals surface area contributed by atoms with Crippen LogP contribution >= 0.6 is 0 Å². The van der Waals surface area contributed by atoms with Crippen molar-refractivity contribution in [2.75, 3.05) is 26.3 Å². The Balaban J connectivity index is 1.83. The van der Waals surface area contributed by atoms with E-state index in [9.17, 15) is 14.4 Å². The summed E-state index contributed by atoms with van der Waals surface area (Å²) in [6, 6.07) is 2.64. The number of hydrogen-bond donors (Lipinski definition) is 3. The Morgan fingerprint density at radius 3 is 2.62 bits per heavy atom. The van der Waals surface area contributed by atoms with Crippen LogP contribution in [0, 0.1) is 0 Å². The Bertz CT molecular complexity index is 554. The van der Waals surface area contributed by atoms with Gasteiger partial charge in [0, 0.05) is 32.0 Å². The smallest absolute Gasteiger partial charge is 0.404 e. The van der Waals surface area contributed by atoms with E-state index in [-0.39, 0.29) is 31.2 Å². The topological polar surface area (TPSA) is 121 Å². The second kappa shape index (κ2) is 8.92. The molecule has 132 valence electrons. The van der Waals surface area contributed by atoms with Crippen LogP contribution in [0.25, 0.3) is 0 Å². The number of carbonyl (C=O) groups excluding carboxylic acids is 2. The SMILES string of the molecule is O=C(O)N[C@@H](CC(=O)NCc1ccco1)CC(=O)N1CCOCC1. The summed E-state index contributed by atoms with van der Waals surface area (Å²) in [4.78, 5) is 36.7. The molecule has 9 heteroatoms. The molecule has 2 heterocycles. The number of carboxylic acid groups (broad SMARTS) is 1. The molecule has 0 aliphatic carbocycles. The quantitative estimate of drug-likeness (QED) is 0.651. The largest absolute Gasteiger partial charge is 0.467 e. The predicted molar refractivity (Wildman–Crippen MR) is 82.1 cm³/mol. The molecule has 1 atom stereocenters. The maximum atomic E-state index is 12.2. The van der Waals surface area contributed by atoms with Crippen LogP contribution in [0.2, 0.25) is 0 Å². The molecule has 1 aliphatic heterocycles. The number of furan rings is 1. The van der Waals surface area contributed by atoms with Gasteiger partial charge in [0.05, 0.1) is 26.0 Å². The van der Waals surface area contributed by atoms with Crippen LogP contribution in [0.4, 0.5) is 4.79 Å². The molecular formula is C15H21N3O6. The van der Waals surface area contributed by atoms with Gasteiger partial charge in [0.15, 0.2) is 0 Å². The molecule has 0 radical (unpaired) electrons. The molecule has 0 saturated carbocycles. The first kappa shape index (κ1) is 17.8. The van der Waals surface area contributed by atoms with Gasteiger partial charge in [-0.3, -0.25) is 9.59 Å². The first-order chi connectivity index (χ1) is 11.5. The van der Waals surface area contributed by atoms with Gasteiger partial charge in [-0.1, -0.05) is 0 Å². The monoisotopic (exact) mass is 339 g/mol. The number of hydrogen-bond acceptors (Lipinski definition) is 5. The van der Waals surface area contributed by atoms with E-state index in [1.165, 1.54) is 6.26 Å². The lowest BCUT2D eigenvalue weighted by Crippen LogP contribution is -2.45. The zero-order chi connectivity index (χ0) is 17.4. The van der Waals surface area contributed by atoms with Crippen molar-refractivity contribution in [3.8, 4) is 0 Å². The van der Waals surface area contributed by atoms with E-state index in [4.69, 9.17) is 14.3 Å². The van der Waals surface area contributed by atoms with Gasteiger partial charge in [-0.15, -0.1) is 0 Å². The molecule has 1 fully saturated rings. The fourth-order valence-corrected chi connectivity index (χ4v) is 2.40. The van der Waals surface area contributed by atoms with Crippen LogP contribution in [0.15, 0.2) is 22.8 Å². The number of ether oxygens (including phenoxy) is 1. The lowest BCUT2D eigenvalue weighted by atomic mass is 10.1. The van der Waals surface area contributed by atoms with Crippen LogP contribution in [0.5, 0.6) is 0 Å². The molecule has 1 aromatic rings. The molecule has 2 rings (SSSR count). The van der Waals surface area contributed by atoms with Crippen LogP contribution in [-0.4, -0.2) is 60.3 Å². The summed E-state index contributed by atoms with van der Waals surface area (Å²) in [5.74, 6) is 0.0336. The van der Waals surface area contributed by atoms with Crippen LogP contribution in [-0.2, 0) is 20.9 Å². The lowest BCUT2D eigenvalue weighted by Gasteiger charge is -2.28. The van der Waals surface area contributed by atoms with Gasteiger partial charge in [-0.05, 0) is 12.1 Å². The van der Waals surface area contributed by atoms with Gasteiger partial charge in [0.1, 0.15) is 5.76 Å². The van der Waals surface area contributed by atoms with Gasteiger partial charge in [0.2, 0.25) is 11.8 Å². The standard InChI is InChI=1S/C15H21N3O6/c19-13(16-10-12-2-1-5-24-12)8-11(17-15(21)22)9-14(20)18-3-6-23-7-4-18/h1-2,5,11,17H,3-4,6-10H2,(H,16,19)(H,21,22)/t11-/m0/s1. The average molecular weight is 339 g/mol. The molecule has 3 N–H and O–H groups in total. The Morgan fingerprint density at radius 2 is 2.00 bits per heavy atom. The first-order valence-electron chi connectivity index (χ1n) is 7.68. The van der Waals surface area contributed by atoms with E-state index in [2.05, 4.69) is 10.6 Å². The number of nitrogens with one attached hydrogen (secondary N) is 2. The van der Waals surface area contributed by atoms with E-state index in [0.29, 0.717) is 32.1 Å². The van der Waals surface area contributed by atoms with Crippen molar-refractivity contribution in [1.29, 1.82) is 0 Å². The molecule has 24 heavy (non-hydrogen) atoms. The highest BCUT2D eigenvalue weighted by molar-refractivity contribution is 5.81.